The lowest BCUT2D eigenvalue weighted by molar-refractivity contribution is 0.0601. The second-order valence-electron chi connectivity index (χ2n) is 5.67. The largest absolute Gasteiger partial charge is 0.496 e. The van der Waals surface area contributed by atoms with Gasteiger partial charge in [0.1, 0.15) is 5.75 Å². The summed E-state index contributed by atoms with van der Waals surface area (Å²) in [5.74, 6) is 1.51. The van der Waals surface area contributed by atoms with Crippen molar-refractivity contribution in [2.75, 3.05) is 20.3 Å². The summed E-state index contributed by atoms with van der Waals surface area (Å²) in [6, 6.07) is 6.06. The van der Waals surface area contributed by atoms with Crippen molar-refractivity contribution in [2.45, 2.75) is 19.4 Å². The molecule has 4 nitrogen and oxygen atoms in total. The van der Waals surface area contributed by atoms with Crippen LogP contribution in [0.3, 0.4) is 0 Å². The fraction of sp³-hybridized carbons (Fsp3) is 0.389. The zero-order chi connectivity index (χ0) is 15.4. The average molecular weight is 298 g/mol. The number of benzene rings is 1. The molecule has 0 spiro atoms. The van der Waals surface area contributed by atoms with Gasteiger partial charge in [0, 0.05) is 37.1 Å². The summed E-state index contributed by atoms with van der Waals surface area (Å²) in [5, 5.41) is 4.51. The SMILES string of the molecule is C=Cc1ccc(OC)c(-c2cnn(CC3CCOCC3)c2)c1. The van der Waals surface area contributed by atoms with E-state index in [-0.39, 0.29) is 0 Å². The minimum Gasteiger partial charge on any atom is -0.496 e. The van der Waals surface area contributed by atoms with Gasteiger partial charge >= 0.3 is 0 Å². The van der Waals surface area contributed by atoms with Gasteiger partial charge in [0.25, 0.3) is 0 Å². The zero-order valence-electron chi connectivity index (χ0n) is 13.0. The van der Waals surface area contributed by atoms with Gasteiger partial charge < -0.3 is 9.47 Å². The fourth-order valence-corrected chi connectivity index (χ4v) is 2.87. The van der Waals surface area contributed by atoms with Crippen molar-refractivity contribution < 1.29 is 9.47 Å². The second-order valence-corrected chi connectivity index (χ2v) is 5.67. The number of methoxy groups -OCH3 is 1. The average Bonchev–Trinajstić information content (AvgIpc) is 3.03. The number of ether oxygens (including phenoxy) is 2. The summed E-state index contributed by atoms with van der Waals surface area (Å²) >= 11 is 0. The third kappa shape index (κ3) is 3.22. The van der Waals surface area contributed by atoms with E-state index in [1.807, 2.05) is 29.1 Å². The summed E-state index contributed by atoms with van der Waals surface area (Å²) in [6.45, 7) is 6.52. The van der Waals surface area contributed by atoms with Crippen LogP contribution in [0.2, 0.25) is 0 Å². The first-order chi connectivity index (χ1) is 10.8. The van der Waals surface area contributed by atoms with E-state index in [0.717, 1.165) is 55.0 Å². The van der Waals surface area contributed by atoms with E-state index in [0.29, 0.717) is 5.92 Å². The van der Waals surface area contributed by atoms with Crippen LogP contribution in [0, 0.1) is 5.92 Å². The molecule has 0 saturated carbocycles. The molecule has 0 bridgehead atoms. The maximum Gasteiger partial charge on any atom is 0.126 e. The van der Waals surface area contributed by atoms with Gasteiger partial charge in [-0.15, -0.1) is 0 Å². The van der Waals surface area contributed by atoms with Crippen molar-refractivity contribution in [3.63, 3.8) is 0 Å². The Hall–Kier alpha value is -2.07. The lowest BCUT2D eigenvalue weighted by Gasteiger charge is -2.21. The van der Waals surface area contributed by atoms with Crippen LogP contribution in [0.25, 0.3) is 17.2 Å². The van der Waals surface area contributed by atoms with E-state index in [1.165, 1.54) is 0 Å². The summed E-state index contributed by atoms with van der Waals surface area (Å²) in [4.78, 5) is 0. The predicted octanol–water partition coefficient (Wildman–Crippen LogP) is 3.63. The van der Waals surface area contributed by atoms with Gasteiger partial charge in [0.05, 0.1) is 13.3 Å². The molecule has 22 heavy (non-hydrogen) atoms. The quantitative estimate of drug-likeness (QED) is 0.845. The van der Waals surface area contributed by atoms with Crippen molar-refractivity contribution in [3.8, 4) is 16.9 Å². The van der Waals surface area contributed by atoms with Crippen molar-refractivity contribution in [2.24, 2.45) is 5.92 Å². The van der Waals surface area contributed by atoms with E-state index < -0.39 is 0 Å². The molecule has 0 amide bonds. The first kappa shape index (κ1) is 14.9. The van der Waals surface area contributed by atoms with E-state index in [9.17, 15) is 0 Å². The Balaban J connectivity index is 1.82. The lowest BCUT2D eigenvalue weighted by Crippen LogP contribution is -2.20. The molecule has 0 unspecified atom stereocenters. The molecule has 2 aromatic rings. The van der Waals surface area contributed by atoms with Gasteiger partial charge in [0.15, 0.2) is 0 Å². The van der Waals surface area contributed by atoms with Crippen LogP contribution in [0.5, 0.6) is 5.75 Å². The van der Waals surface area contributed by atoms with Gasteiger partial charge in [-0.25, -0.2) is 0 Å². The van der Waals surface area contributed by atoms with Crippen LogP contribution in [0.4, 0.5) is 0 Å². The Kier molecular flexibility index (Phi) is 4.59. The molecule has 1 aromatic heterocycles. The molecule has 1 aromatic carbocycles. The third-order valence-electron chi connectivity index (χ3n) is 4.19. The van der Waals surface area contributed by atoms with Gasteiger partial charge in [0.2, 0.25) is 0 Å². The number of hydrogen-bond acceptors (Lipinski definition) is 3. The standard InChI is InChI=1S/C18H22N2O2/c1-3-14-4-5-18(21-2)17(10-14)16-11-19-20(13-16)12-15-6-8-22-9-7-15/h3-5,10-11,13,15H,1,6-9,12H2,2H3. The minimum absolute atomic E-state index is 0.655. The van der Waals surface area contributed by atoms with Crippen molar-refractivity contribution in [1.82, 2.24) is 9.78 Å². The Bertz CT molecular complexity index is 642. The highest BCUT2D eigenvalue weighted by molar-refractivity contribution is 5.72. The fourth-order valence-electron chi connectivity index (χ4n) is 2.87. The van der Waals surface area contributed by atoms with Gasteiger partial charge in [-0.3, -0.25) is 4.68 Å². The lowest BCUT2D eigenvalue weighted by atomic mass is 10.0. The zero-order valence-corrected chi connectivity index (χ0v) is 13.0. The molecule has 1 aliphatic heterocycles. The molecule has 116 valence electrons. The highest BCUT2D eigenvalue weighted by atomic mass is 16.5. The molecule has 1 aliphatic rings. The van der Waals surface area contributed by atoms with Crippen LogP contribution in [-0.4, -0.2) is 30.1 Å². The Morgan fingerprint density at radius 3 is 2.95 bits per heavy atom. The molecule has 4 heteroatoms. The van der Waals surface area contributed by atoms with E-state index in [4.69, 9.17) is 9.47 Å². The normalized spacial score (nSPS) is 15.7. The molecule has 0 atom stereocenters. The predicted molar refractivity (Wildman–Crippen MR) is 87.8 cm³/mol. The highest BCUT2D eigenvalue weighted by Gasteiger charge is 2.15. The van der Waals surface area contributed by atoms with E-state index >= 15 is 0 Å². The van der Waals surface area contributed by atoms with Crippen LogP contribution < -0.4 is 4.74 Å². The number of nitrogens with zero attached hydrogens (tertiary/aromatic N) is 2. The molecule has 2 heterocycles. The first-order valence-electron chi connectivity index (χ1n) is 7.71. The summed E-state index contributed by atoms with van der Waals surface area (Å²) in [7, 11) is 1.69. The monoisotopic (exact) mass is 298 g/mol. The third-order valence-corrected chi connectivity index (χ3v) is 4.19. The Morgan fingerprint density at radius 1 is 1.41 bits per heavy atom. The molecule has 3 rings (SSSR count). The first-order valence-corrected chi connectivity index (χ1v) is 7.71. The summed E-state index contributed by atoms with van der Waals surface area (Å²) in [5.41, 5.74) is 3.21. The number of aromatic nitrogens is 2. The smallest absolute Gasteiger partial charge is 0.126 e. The van der Waals surface area contributed by atoms with Crippen LogP contribution in [0.15, 0.2) is 37.2 Å². The maximum atomic E-state index is 5.47. The number of rotatable bonds is 5. The topological polar surface area (TPSA) is 36.3 Å². The Labute approximate surface area is 131 Å². The Morgan fingerprint density at radius 2 is 2.23 bits per heavy atom. The van der Waals surface area contributed by atoms with E-state index in [2.05, 4.69) is 23.9 Å². The van der Waals surface area contributed by atoms with Crippen molar-refractivity contribution in [3.05, 3.63) is 42.7 Å². The molecular weight excluding hydrogens is 276 g/mol. The van der Waals surface area contributed by atoms with Gasteiger partial charge in [-0.05, 0) is 36.5 Å². The molecule has 0 aliphatic carbocycles. The van der Waals surface area contributed by atoms with Crippen LogP contribution in [-0.2, 0) is 11.3 Å². The molecule has 0 N–H and O–H groups in total. The summed E-state index contributed by atoms with van der Waals surface area (Å²) in [6.07, 6.45) is 8.08. The number of hydrogen-bond donors (Lipinski definition) is 0. The van der Waals surface area contributed by atoms with Gasteiger partial charge in [-0.2, -0.15) is 5.10 Å². The second kappa shape index (κ2) is 6.79. The van der Waals surface area contributed by atoms with Gasteiger partial charge in [-0.1, -0.05) is 18.7 Å². The van der Waals surface area contributed by atoms with Crippen molar-refractivity contribution in [1.29, 1.82) is 0 Å². The highest BCUT2D eigenvalue weighted by Crippen LogP contribution is 2.31. The van der Waals surface area contributed by atoms with E-state index in [1.54, 1.807) is 7.11 Å². The molecular formula is C18H22N2O2. The van der Waals surface area contributed by atoms with Crippen molar-refractivity contribution >= 4 is 6.08 Å². The van der Waals surface area contributed by atoms with Crippen LogP contribution in [0.1, 0.15) is 18.4 Å². The minimum atomic E-state index is 0.655. The summed E-state index contributed by atoms with van der Waals surface area (Å²) < 4.78 is 12.9. The molecule has 0 radical (unpaired) electrons. The maximum absolute atomic E-state index is 5.47. The molecule has 1 fully saturated rings. The molecule has 1 saturated heterocycles. The van der Waals surface area contributed by atoms with Crippen LogP contribution >= 0.6 is 0 Å².